The van der Waals surface area contributed by atoms with Crippen molar-refractivity contribution in [2.75, 3.05) is 0 Å². The van der Waals surface area contributed by atoms with Crippen LogP contribution in [0, 0.1) is 11.7 Å². The van der Waals surface area contributed by atoms with Crippen molar-refractivity contribution >= 4 is 0 Å². The summed E-state index contributed by atoms with van der Waals surface area (Å²) in [7, 11) is 0. The van der Waals surface area contributed by atoms with Crippen LogP contribution in [0.3, 0.4) is 0 Å². The largest absolute Gasteiger partial charge is 0.387 e. The van der Waals surface area contributed by atoms with Crippen LogP contribution in [0.4, 0.5) is 4.39 Å². The van der Waals surface area contributed by atoms with E-state index in [1.807, 2.05) is 0 Å². The van der Waals surface area contributed by atoms with Gasteiger partial charge in [-0.1, -0.05) is 6.42 Å². The molecule has 1 unspecified atom stereocenters. The Kier molecular flexibility index (Phi) is 2.27. The molecule has 1 saturated carbocycles. The number of aliphatic hydroxyl groups excluding tert-OH is 1. The van der Waals surface area contributed by atoms with Gasteiger partial charge in [-0.25, -0.2) is 4.39 Å². The van der Waals surface area contributed by atoms with Crippen LogP contribution in [-0.4, -0.2) is 10.1 Å². The molecule has 2 nitrogen and oxygen atoms in total. The molecule has 1 fully saturated rings. The Morgan fingerprint density at radius 1 is 1.46 bits per heavy atom. The van der Waals surface area contributed by atoms with Gasteiger partial charge in [-0.2, -0.15) is 0 Å². The lowest BCUT2D eigenvalue weighted by molar-refractivity contribution is 0.0586. The monoisotopic (exact) mass is 181 g/mol. The van der Waals surface area contributed by atoms with Crippen LogP contribution >= 0.6 is 0 Å². The van der Waals surface area contributed by atoms with Gasteiger partial charge in [0, 0.05) is 0 Å². The average molecular weight is 181 g/mol. The molecule has 3 heteroatoms. The third-order valence-corrected chi connectivity index (χ3v) is 2.65. The van der Waals surface area contributed by atoms with Gasteiger partial charge in [0.2, 0.25) is 0 Å². The zero-order chi connectivity index (χ0) is 9.26. The van der Waals surface area contributed by atoms with Gasteiger partial charge >= 0.3 is 0 Å². The molecule has 1 aromatic heterocycles. The predicted molar refractivity (Wildman–Crippen MR) is 46.5 cm³/mol. The van der Waals surface area contributed by atoms with Crippen LogP contribution in [0.25, 0.3) is 0 Å². The first kappa shape index (κ1) is 8.63. The quantitative estimate of drug-likeness (QED) is 0.757. The molecule has 1 heterocycles. The Hall–Kier alpha value is -0.960. The Morgan fingerprint density at radius 3 is 2.69 bits per heavy atom. The summed E-state index contributed by atoms with van der Waals surface area (Å²) in [5.74, 6) is -0.0254. The van der Waals surface area contributed by atoms with E-state index in [4.69, 9.17) is 0 Å². The number of hydrogen-bond donors (Lipinski definition) is 1. The molecule has 1 atom stereocenters. The van der Waals surface area contributed by atoms with Gasteiger partial charge in [0.05, 0.1) is 18.0 Å². The molecule has 0 radical (unpaired) electrons. The Labute approximate surface area is 76.4 Å². The van der Waals surface area contributed by atoms with Crippen molar-refractivity contribution in [2.24, 2.45) is 5.92 Å². The molecule has 0 saturated heterocycles. The van der Waals surface area contributed by atoms with Crippen molar-refractivity contribution in [3.8, 4) is 0 Å². The Balaban J connectivity index is 2.10. The lowest BCUT2D eigenvalue weighted by Crippen LogP contribution is -2.20. The number of nitrogens with zero attached hydrogens (tertiary/aromatic N) is 1. The summed E-state index contributed by atoms with van der Waals surface area (Å²) in [6.07, 6.45) is 3.94. The van der Waals surface area contributed by atoms with E-state index in [0.29, 0.717) is 11.6 Å². The van der Waals surface area contributed by atoms with E-state index < -0.39 is 6.10 Å². The van der Waals surface area contributed by atoms with E-state index in [0.717, 1.165) is 19.0 Å². The topological polar surface area (TPSA) is 33.1 Å². The van der Waals surface area contributed by atoms with Gasteiger partial charge < -0.3 is 5.11 Å². The van der Waals surface area contributed by atoms with E-state index in [-0.39, 0.29) is 5.82 Å². The fourth-order valence-electron chi connectivity index (χ4n) is 1.56. The van der Waals surface area contributed by atoms with E-state index in [1.165, 1.54) is 12.5 Å². The number of rotatable bonds is 2. The number of hydrogen-bond acceptors (Lipinski definition) is 2. The van der Waals surface area contributed by atoms with Crippen molar-refractivity contribution in [2.45, 2.75) is 25.4 Å². The zero-order valence-corrected chi connectivity index (χ0v) is 7.28. The number of aliphatic hydroxyl groups is 1. The van der Waals surface area contributed by atoms with E-state index in [2.05, 4.69) is 4.98 Å². The molecule has 0 amide bonds. The van der Waals surface area contributed by atoms with E-state index in [9.17, 15) is 9.50 Å². The third-order valence-electron chi connectivity index (χ3n) is 2.65. The predicted octanol–water partition coefficient (Wildman–Crippen LogP) is 2.05. The van der Waals surface area contributed by atoms with Gasteiger partial charge in [0.25, 0.3) is 0 Å². The number of aromatic nitrogens is 1. The Morgan fingerprint density at radius 2 is 2.23 bits per heavy atom. The second kappa shape index (κ2) is 3.42. The van der Waals surface area contributed by atoms with E-state index in [1.54, 1.807) is 6.07 Å². The summed E-state index contributed by atoms with van der Waals surface area (Å²) in [6.45, 7) is 0. The summed E-state index contributed by atoms with van der Waals surface area (Å²) in [6, 6.07) is 2.89. The van der Waals surface area contributed by atoms with Crippen LogP contribution in [0.5, 0.6) is 0 Å². The SMILES string of the molecule is OC(c1ccc(F)cn1)C1CCC1. The molecule has 13 heavy (non-hydrogen) atoms. The normalized spacial score (nSPS) is 19.5. The molecule has 0 bridgehead atoms. The number of pyridine rings is 1. The van der Waals surface area contributed by atoms with Crippen LogP contribution < -0.4 is 0 Å². The summed E-state index contributed by atoms with van der Waals surface area (Å²) in [4.78, 5) is 3.86. The summed E-state index contributed by atoms with van der Waals surface area (Å²) >= 11 is 0. The molecular weight excluding hydrogens is 169 g/mol. The lowest BCUT2D eigenvalue weighted by atomic mass is 9.80. The Bertz CT molecular complexity index is 281. The molecule has 1 aromatic rings. The minimum atomic E-state index is -0.505. The molecule has 2 rings (SSSR count). The van der Waals surface area contributed by atoms with Crippen LogP contribution in [0.15, 0.2) is 18.3 Å². The highest BCUT2D eigenvalue weighted by Crippen LogP contribution is 2.36. The van der Waals surface area contributed by atoms with Crippen LogP contribution in [0.1, 0.15) is 31.1 Å². The standard InChI is InChI=1S/C10H12FNO/c11-8-4-5-9(12-6-8)10(13)7-2-1-3-7/h4-7,10,13H,1-3H2. The molecule has 1 N–H and O–H groups in total. The van der Waals surface area contributed by atoms with Crippen molar-refractivity contribution < 1.29 is 9.50 Å². The first-order valence-corrected chi connectivity index (χ1v) is 4.57. The highest BCUT2D eigenvalue weighted by atomic mass is 19.1. The average Bonchev–Trinajstić information content (AvgIpc) is 2.02. The zero-order valence-electron chi connectivity index (χ0n) is 7.28. The summed E-state index contributed by atoms with van der Waals surface area (Å²) in [5.41, 5.74) is 0.589. The van der Waals surface area contributed by atoms with Crippen LogP contribution in [0.2, 0.25) is 0 Å². The summed E-state index contributed by atoms with van der Waals surface area (Å²) < 4.78 is 12.5. The van der Waals surface area contributed by atoms with Gasteiger partial charge in [0.1, 0.15) is 5.82 Å². The maximum atomic E-state index is 12.5. The first-order chi connectivity index (χ1) is 6.27. The molecule has 0 spiro atoms. The lowest BCUT2D eigenvalue weighted by Gasteiger charge is -2.29. The second-order valence-corrected chi connectivity index (χ2v) is 3.54. The number of halogens is 1. The van der Waals surface area contributed by atoms with Gasteiger partial charge in [-0.05, 0) is 30.9 Å². The van der Waals surface area contributed by atoms with Gasteiger partial charge in [-0.3, -0.25) is 4.98 Å². The second-order valence-electron chi connectivity index (χ2n) is 3.54. The maximum Gasteiger partial charge on any atom is 0.141 e. The van der Waals surface area contributed by atoms with Crippen LogP contribution in [-0.2, 0) is 0 Å². The fraction of sp³-hybridized carbons (Fsp3) is 0.500. The van der Waals surface area contributed by atoms with Crippen molar-refractivity contribution in [1.29, 1.82) is 0 Å². The van der Waals surface area contributed by atoms with Crippen molar-refractivity contribution in [3.63, 3.8) is 0 Å². The van der Waals surface area contributed by atoms with Gasteiger partial charge in [0.15, 0.2) is 0 Å². The first-order valence-electron chi connectivity index (χ1n) is 4.57. The minimum Gasteiger partial charge on any atom is -0.387 e. The van der Waals surface area contributed by atoms with Crippen molar-refractivity contribution in [1.82, 2.24) is 4.98 Å². The summed E-state index contributed by atoms with van der Waals surface area (Å²) in [5, 5.41) is 9.75. The smallest absolute Gasteiger partial charge is 0.141 e. The highest BCUT2D eigenvalue weighted by molar-refractivity contribution is 5.09. The molecule has 0 aliphatic heterocycles. The molecule has 70 valence electrons. The molecule has 1 aliphatic rings. The third kappa shape index (κ3) is 1.70. The fourth-order valence-corrected chi connectivity index (χ4v) is 1.56. The molecule has 0 aromatic carbocycles. The molecule has 1 aliphatic carbocycles. The van der Waals surface area contributed by atoms with Gasteiger partial charge in [-0.15, -0.1) is 0 Å². The maximum absolute atomic E-state index is 12.5. The molecular formula is C10H12FNO. The van der Waals surface area contributed by atoms with Crippen molar-refractivity contribution in [3.05, 3.63) is 29.8 Å². The minimum absolute atomic E-state index is 0.331. The van der Waals surface area contributed by atoms with E-state index >= 15 is 0 Å². The highest BCUT2D eigenvalue weighted by Gasteiger charge is 2.27.